The number of halogens is 1. The molecule has 2 aromatic rings. The molecule has 7 heteroatoms. The highest BCUT2D eigenvalue weighted by Gasteiger charge is 2.20. The van der Waals surface area contributed by atoms with E-state index in [0.29, 0.717) is 16.9 Å². The van der Waals surface area contributed by atoms with Gasteiger partial charge in [-0.05, 0) is 56.3 Å². The van der Waals surface area contributed by atoms with Gasteiger partial charge in [0.05, 0.1) is 0 Å². The first-order valence-corrected chi connectivity index (χ1v) is 8.05. The molecule has 1 aliphatic heterocycles. The summed E-state index contributed by atoms with van der Waals surface area (Å²) in [4.78, 5) is 28.3. The molecule has 1 aromatic carbocycles. The van der Waals surface area contributed by atoms with Crippen molar-refractivity contribution in [3.63, 3.8) is 0 Å². The first kappa shape index (κ1) is 18.9. The van der Waals surface area contributed by atoms with E-state index < -0.39 is 0 Å². The summed E-state index contributed by atoms with van der Waals surface area (Å²) >= 11 is 0. The average Bonchev–Trinajstić information content (AvgIpc) is 2.63. The van der Waals surface area contributed by atoms with Gasteiger partial charge in [-0.2, -0.15) is 0 Å². The molecule has 0 radical (unpaired) electrons. The van der Waals surface area contributed by atoms with E-state index in [2.05, 4.69) is 20.9 Å². The standard InChI is InChI=1S/C18H20N4O2.ClH/c23-17(13-4-8-19-9-5-13)21-15-2-1-3-16(12-15)22-18(24)14-6-10-20-11-7-14;/h1-5,8-9,12,14,20H,6-7,10-11H2,(H,21,23)(H,22,24);1H. The van der Waals surface area contributed by atoms with E-state index in [4.69, 9.17) is 0 Å². The Morgan fingerprint density at radius 2 is 1.64 bits per heavy atom. The lowest BCUT2D eigenvalue weighted by Gasteiger charge is -2.21. The Morgan fingerprint density at radius 1 is 1.00 bits per heavy atom. The minimum Gasteiger partial charge on any atom is -0.326 e. The average molecular weight is 361 g/mol. The monoisotopic (exact) mass is 360 g/mol. The number of piperidine rings is 1. The van der Waals surface area contributed by atoms with Gasteiger partial charge >= 0.3 is 0 Å². The van der Waals surface area contributed by atoms with Crippen LogP contribution in [0, 0.1) is 5.92 Å². The number of aromatic nitrogens is 1. The number of benzene rings is 1. The van der Waals surface area contributed by atoms with Crippen LogP contribution in [0.25, 0.3) is 0 Å². The van der Waals surface area contributed by atoms with Crippen LogP contribution in [0.1, 0.15) is 23.2 Å². The number of nitrogens with zero attached hydrogens (tertiary/aromatic N) is 1. The molecule has 1 fully saturated rings. The SMILES string of the molecule is Cl.O=C(Nc1cccc(NC(=O)C2CCNCC2)c1)c1ccncc1. The number of hydrogen-bond donors (Lipinski definition) is 3. The summed E-state index contributed by atoms with van der Waals surface area (Å²) in [5.74, 6) is -0.130. The van der Waals surface area contributed by atoms with Crippen LogP contribution in [0.5, 0.6) is 0 Å². The van der Waals surface area contributed by atoms with Gasteiger partial charge in [-0.1, -0.05) is 6.07 Å². The number of carbonyl (C=O) groups is 2. The molecular weight excluding hydrogens is 340 g/mol. The normalized spacial score (nSPS) is 14.2. The van der Waals surface area contributed by atoms with Crippen molar-refractivity contribution < 1.29 is 9.59 Å². The summed E-state index contributed by atoms with van der Waals surface area (Å²) in [5, 5.41) is 9.01. The molecule has 2 heterocycles. The Kier molecular flexibility index (Phi) is 6.91. The molecule has 0 aliphatic carbocycles. The van der Waals surface area contributed by atoms with Crippen LogP contribution < -0.4 is 16.0 Å². The van der Waals surface area contributed by atoms with Crippen molar-refractivity contribution in [2.24, 2.45) is 5.92 Å². The minimum absolute atomic E-state index is 0. The number of rotatable bonds is 4. The summed E-state index contributed by atoms with van der Waals surface area (Å²) in [6.45, 7) is 1.75. The number of anilines is 2. The molecular formula is C18H21ClN4O2. The summed E-state index contributed by atoms with van der Waals surface area (Å²) in [7, 11) is 0. The molecule has 0 unspecified atom stereocenters. The van der Waals surface area contributed by atoms with E-state index in [1.165, 1.54) is 0 Å². The number of hydrogen-bond acceptors (Lipinski definition) is 4. The second kappa shape index (κ2) is 9.15. The molecule has 25 heavy (non-hydrogen) atoms. The molecule has 2 amide bonds. The molecule has 1 aromatic heterocycles. The minimum atomic E-state index is -0.209. The Bertz CT molecular complexity index is 718. The van der Waals surface area contributed by atoms with Crippen LogP contribution >= 0.6 is 12.4 Å². The Balaban J connectivity index is 0.00000225. The zero-order valence-electron chi connectivity index (χ0n) is 13.7. The van der Waals surface area contributed by atoms with Gasteiger partial charge in [0, 0.05) is 35.2 Å². The second-order valence-corrected chi connectivity index (χ2v) is 5.78. The van der Waals surface area contributed by atoms with Crippen LogP contribution in [0.15, 0.2) is 48.8 Å². The highest BCUT2D eigenvalue weighted by Crippen LogP contribution is 2.19. The smallest absolute Gasteiger partial charge is 0.255 e. The van der Waals surface area contributed by atoms with Gasteiger partial charge in [0.15, 0.2) is 0 Å². The molecule has 1 saturated heterocycles. The van der Waals surface area contributed by atoms with Crippen molar-refractivity contribution in [3.8, 4) is 0 Å². The molecule has 3 rings (SSSR count). The van der Waals surface area contributed by atoms with E-state index in [9.17, 15) is 9.59 Å². The largest absolute Gasteiger partial charge is 0.326 e. The molecule has 1 aliphatic rings. The predicted molar refractivity (Wildman–Crippen MR) is 100 cm³/mol. The highest BCUT2D eigenvalue weighted by atomic mass is 35.5. The Labute approximate surface area is 152 Å². The van der Waals surface area contributed by atoms with Gasteiger partial charge < -0.3 is 16.0 Å². The van der Waals surface area contributed by atoms with Gasteiger partial charge in [-0.15, -0.1) is 12.4 Å². The summed E-state index contributed by atoms with van der Waals surface area (Å²) < 4.78 is 0. The molecule has 132 valence electrons. The Hall–Kier alpha value is -2.44. The molecule has 3 N–H and O–H groups in total. The third-order valence-corrected chi connectivity index (χ3v) is 4.04. The van der Waals surface area contributed by atoms with Crippen molar-refractivity contribution in [1.29, 1.82) is 0 Å². The third kappa shape index (κ3) is 5.27. The second-order valence-electron chi connectivity index (χ2n) is 5.78. The van der Waals surface area contributed by atoms with E-state index in [-0.39, 0.29) is 30.1 Å². The molecule has 0 atom stereocenters. The number of pyridine rings is 1. The molecule has 6 nitrogen and oxygen atoms in total. The third-order valence-electron chi connectivity index (χ3n) is 4.04. The maximum Gasteiger partial charge on any atom is 0.255 e. The highest BCUT2D eigenvalue weighted by molar-refractivity contribution is 6.04. The van der Waals surface area contributed by atoms with Crippen molar-refractivity contribution >= 4 is 35.6 Å². The van der Waals surface area contributed by atoms with Crippen molar-refractivity contribution in [2.75, 3.05) is 23.7 Å². The zero-order valence-corrected chi connectivity index (χ0v) is 14.5. The van der Waals surface area contributed by atoms with Gasteiger partial charge in [0.25, 0.3) is 5.91 Å². The van der Waals surface area contributed by atoms with Gasteiger partial charge in [-0.3, -0.25) is 14.6 Å². The van der Waals surface area contributed by atoms with E-state index >= 15 is 0 Å². The van der Waals surface area contributed by atoms with E-state index in [1.807, 2.05) is 6.07 Å². The zero-order chi connectivity index (χ0) is 16.8. The van der Waals surface area contributed by atoms with E-state index in [0.717, 1.165) is 25.9 Å². The topological polar surface area (TPSA) is 83.1 Å². The maximum atomic E-state index is 12.3. The lowest BCUT2D eigenvalue weighted by Crippen LogP contribution is -2.34. The molecule has 0 spiro atoms. The fraction of sp³-hybridized carbons (Fsp3) is 0.278. The molecule has 0 saturated carbocycles. The summed E-state index contributed by atoms with van der Waals surface area (Å²) in [6.07, 6.45) is 4.85. The van der Waals surface area contributed by atoms with Crippen LogP contribution in [-0.2, 0) is 4.79 Å². The quantitative estimate of drug-likeness (QED) is 0.782. The lowest BCUT2D eigenvalue weighted by molar-refractivity contribution is -0.120. The van der Waals surface area contributed by atoms with Crippen molar-refractivity contribution in [1.82, 2.24) is 10.3 Å². The van der Waals surface area contributed by atoms with Crippen molar-refractivity contribution in [3.05, 3.63) is 54.4 Å². The van der Waals surface area contributed by atoms with Gasteiger partial charge in [0.1, 0.15) is 0 Å². The van der Waals surface area contributed by atoms with Crippen LogP contribution in [0.4, 0.5) is 11.4 Å². The first-order chi connectivity index (χ1) is 11.7. The Morgan fingerprint density at radius 3 is 2.32 bits per heavy atom. The first-order valence-electron chi connectivity index (χ1n) is 8.05. The number of amides is 2. The summed E-state index contributed by atoms with van der Waals surface area (Å²) in [5.41, 5.74) is 1.86. The van der Waals surface area contributed by atoms with Crippen LogP contribution in [0.2, 0.25) is 0 Å². The van der Waals surface area contributed by atoms with Crippen LogP contribution in [0.3, 0.4) is 0 Å². The maximum absolute atomic E-state index is 12.3. The van der Waals surface area contributed by atoms with Gasteiger partial charge in [0.2, 0.25) is 5.91 Å². The fourth-order valence-corrected chi connectivity index (χ4v) is 2.71. The predicted octanol–water partition coefficient (Wildman–Crippen LogP) is 2.69. The number of carbonyl (C=O) groups excluding carboxylic acids is 2. The molecule has 0 bridgehead atoms. The summed E-state index contributed by atoms with van der Waals surface area (Å²) in [6, 6.07) is 10.5. The van der Waals surface area contributed by atoms with E-state index in [1.54, 1.807) is 42.7 Å². The van der Waals surface area contributed by atoms with Crippen molar-refractivity contribution in [2.45, 2.75) is 12.8 Å². The van der Waals surface area contributed by atoms with Crippen LogP contribution in [-0.4, -0.2) is 29.9 Å². The lowest BCUT2D eigenvalue weighted by atomic mass is 9.97. The number of nitrogens with one attached hydrogen (secondary N) is 3. The fourth-order valence-electron chi connectivity index (χ4n) is 2.71. The van der Waals surface area contributed by atoms with Gasteiger partial charge in [-0.25, -0.2) is 0 Å².